The second kappa shape index (κ2) is 12.4. The monoisotopic (exact) mass is 565 g/mol. The van der Waals surface area contributed by atoms with Crippen molar-refractivity contribution in [1.29, 1.82) is 5.26 Å². The molecule has 2 aromatic carbocycles. The summed E-state index contributed by atoms with van der Waals surface area (Å²) in [5.74, 6) is 0.742. The lowest BCUT2D eigenvalue weighted by atomic mass is 10.0. The minimum atomic E-state index is -0.225. The van der Waals surface area contributed by atoms with E-state index in [2.05, 4.69) is 76.7 Å². The molecule has 0 spiro atoms. The topological polar surface area (TPSA) is 88.8 Å². The molecule has 9 nitrogen and oxygen atoms in total. The van der Waals surface area contributed by atoms with Crippen LogP contribution in [0.25, 0.3) is 10.8 Å². The Morgan fingerprint density at radius 1 is 1.10 bits per heavy atom. The minimum Gasteiger partial charge on any atom is -0.462 e. The molecule has 2 fully saturated rings. The molecule has 0 bridgehead atoms. The Balaban J connectivity index is 1.32. The number of fused-ring (bicyclic) bond motifs is 2. The molecule has 3 aliphatic heterocycles. The van der Waals surface area contributed by atoms with Crippen LogP contribution in [0.4, 0.5) is 11.5 Å². The highest BCUT2D eigenvalue weighted by Crippen LogP contribution is 2.35. The van der Waals surface area contributed by atoms with Gasteiger partial charge in [-0.3, -0.25) is 9.69 Å². The number of likely N-dealkylation sites (N-methyl/N-ethyl adjacent to an activating group) is 1. The third-order valence-corrected chi connectivity index (χ3v) is 9.01. The van der Waals surface area contributed by atoms with Crippen LogP contribution < -0.4 is 14.5 Å². The largest absolute Gasteiger partial charge is 0.462 e. The minimum absolute atomic E-state index is 0.133. The molecule has 4 heterocycles. The summed E-state index contributed by atoms with van der Waals surface area (Å²) in [5, 5.41) is 12.0. The van der Waals surface area contributed by atoms with Crippen molar-refractivity contribution in [2.24, 2.45) is 0 Å². The number of rotatable bonds is 8. The van der Waals surface area contributed by atoms with E-state index in [1.165, 1.54) is 29.0 Å². The first-order valence-corrected chi connectivity index (χ1v) is 15.1. The summed E-state index contributed by atoms with van der Waals surface area (Å²) >= 11 is 0. The van der Waals surface area contributed by atoms with Crippen molar-refractivity contribution in [3.05, 3.63) is 66.4 Å². The van der Waals surface area contributed by atoms with E-state index in [1.54, 1.807) is 4.90 Å². The predicted molar refractivity (Wildman–Crippen MR) is 165 cm³/mol. The molecule has 3 aromatic rings. The number of anilines is 2. The van der Waals surface area contributed by atoms with Gasteiger partial charge in [0.2, 0.25) is 5.91 Å². The van der Waals surface area contributed by atoms with Gasteiger partial charge in [-0.25, -0.2) is 0 Å². The Morgan fingerprint density at radius 2 is 1.95 bits per heavy atom. The number of hydrogen-bond donors (Lipinski definition) is 0. The summed E-state index contributed by atoms with van der Waals surface area (Å²) < 4.78 is 6.34. The Kier molecular flexibility index (Phi) is 8.24. The predicted octanol–water partition coefficient (Wildman–Crippen LogP) is 4.17. The fourth-order valence-corrected chi connectivity index (χ4v) is 6.81. The molecule has 9 heteroatoms. The number of amides is 1. The maximum absolute atomic E-state index is 12.5. The van der Waals surface area contributed by atoms with Crippen LogP contribution in [0.2, 0.25) is 0 Å². The summed E-state index contributed by atoms with van der Waals surface area (Å²) in [7, 11) is 0. The Labute approximate surface area is 248 Å². The van der Waals surface area contributed by atoms with Crippen LogP contribution in [0.3, 0.4) is 0 Å². The van der Waals surface area contributed by atoms with Gasteiger partial charge < -0.3 is 19.4 Å². The van der Waals surface area contributed by atoms with E-state index in [1.807, 2.05) is 0 Å². The first kappa shape index (κ1) is 28.0. The maximum atomic E-state index is 12.5. The van der Waals surface area contributed by atoms with E-state index in [4.69, 9.17) is 14.7 Å². The average molecular weight is 566 g/mol. The molecule has 42 heavy (non-hydrogen) atoms. The summed E-state index contributed by atoms with van der Waals surface area (Å²) in [6, 6.07) is 17.8. The maximum Gasteiger partial charge on any atom is 0.318 e. The van der Waals surface area contributed by atoms with Gasteiger partial charge in [-0.1, -0.05) is 49.9 Å². The van der Waals surface area contributed by atoms with E-state index in [0.29, 0.717) is 44.8 Å². The highest BCUT2D eigenvalue weighted by atomic mass is 16.5. The van der Waals surface area contributed by atoms with Gasteiger partial charge in [0.15, 0.2) is 0 Å². The third-order valence-electron chi connectivity index (χ3n) is 9.01. The number of ether oxygens (including phenoxy) is 1. The number of aromatic nitrogens is 2. The number of hydrogen-bond acceptors (Lipinski definition) is 8. The van der Waals surface area contributed by atoms with Gasteiger partial charge in [0.25, 0.3) is 0 Å². The van der Waals surface area contributed by atoms with Crippen molar-refractivity contribution in [1.82, 2.24) is 19.8 Å². The van der Waals surface area contributed by atoms with E-state index in [9.17, 15) is 10.1 Å². The lowest BCUT2D eigenvalue weighted by Crippen LogP contribution is -2.55. The molecule has 3 aliphatic rings. The summed E-state index contributed by atoms with van der Waals surface area (Å²) in [6.45, 7) is 11.7. The zero-order chi connectivity index (χ0) is 29.1. The van der Waals surface area contributed by atoms with E-state index < -0.39 is 0 Å². The fraction of sp³-hybridized carbons (Fsp3) is 0.455. The van der Waals surface area contributed by atoms with Gasteiger partial charge in [0, 0.05) is 48.9 Å². The summed E-state index contributed by atoms with van der Waals surface area (Å²) in [4.78, 5) is 31.4. The number of nitrogens with zero attached hydrogens (tertiary/aromatic N) is 7. The van der Waals surface area contributed by atoms with Crippen molar-refractivity contribution in [3.63, 3.8) is 0 Å². The molecule has 6 rings (SSSR count). The van der Waals surface area contributed by atoms with Gasteiger partial charge in [0.05, 0.1) is 30.8 Å². The van der Waals surface area contributed by atoms with Crippen molar-refractivity contribution in [2.45, 2.75) is 51.2 Å². The molecule has 1 aromatic heterocycles. The van der Waals surface area contributed by atoms with Gasteiger partial charge >= 0.3 is 6.01 Å². The summed E-state index contributed by atoms with van der Waals surface area (Å²) in [6.07, 6.45) is 4.70. The molecule has 0 N–H and O–H groups in total. The smallest absolute Gasteiger partial charge is 0.318 e. The first-order chi connectivity index (χ1) is 20.6. The number of carbonyl (C=O) groups excluding carboxylic acids is 1. The van der Waals surface area contributed by atoms with Gasteiger partial charge in [-0.05, 0) is 49.9 Å². The normalized spacial score (nSPS) is 20.8. The van der Waals surface area contributed by atoms with E-state index in [0.717, 1.165) is 49.6 Å². The molecule has 0 saturated carbocycles. The SMILES string of the molecule is C=CC(=O)N1CCN(c2nc(OC[C@@H]3CCCN3CC)nc3c2CCN(c2cccc4ccccc24)C3)C[C@@H]1CC#N. The molecule has 0 aliphatic carbocycles. The highest BCUT2D eigenvalue weighted by Gasteiger charge is 2.33. The van der Waals surface area contributed by atoms with Crippen molar-refractivity contribution >= 4 is 28.2 Å². The van der Waals surface area contributed by atoms with E-state index in [-0.39, 0.29) is 18.4 Å². The number of nitriles is 1. The number of benzene rings is 2. The molecule has 218 valence electrons. The standard InChI is InChI=1S/C33H39N7O2/c1-3-31(41)40-20-19-39(21-25(40)14-16-34)32-28-15-18-38(30-13-7-10-24-9-5-6-12-27(24)30)22-29(28)35-33(36-32)42-23-26-11-8-17-37(26)4-2/h3,5-7,9-10,12-13,25-26H,1,4,8,11,14-15,17-23H2,2H3/t25-,26-/m0/s1. The fourth-order valence-electron chi connectivity index (χ4n) is 6.81. The van der Waals surface area contributed by atoms with Crippen molar-refractivity contribution in [2.75, 3.05) is 55.7 Å². The molecule has 0 radical (unpaired) electrons. The Hall–Kier alpha value is -4.16. The molecule has 0 unspecified atom stereocenters. The van der Waals surface area contributed by atoms with Gasteiger partial charge in [-0.15, -0.1) is 0 Å². The average Bonchev–Trinajstić information content (AvgIpc) is 3.50. The Morgan fingerprint density at radius 3 is 2.79 bits per heavy atom. The van der Waals surface area contributed by atoms with Crippen molar-refractivity contribution in [3.8, 4) is 12.1 Å². The molecular weight excluding hydrogens is 526 g/mol. The van der Waals surface area contributed by atoms with E-state index >= 15 is 0 Å². The molecule has 2 saturated heterocycles. The van der Waals surface area contributed by atoms with Crippen molar-refractivity contribution < 1.29 is 9.53 Å². The molecule has 1 amide bonds. The van der Waals surface area contributed by atoms with Gasteiger partial charge in [0.1, 0.15) is 12.4 Å². The molecular formula is C33H39N7O2. The van der Waals surface area contributed by atoms with Crippen LogP contribution >= 0.6 is 0 Å². The van der Waals surface area contributed by atoms with Crippen LogP contribution in [0.1, 0.15) is 37.4 Å². The third kappa shape index (κ3) is 5.51. The molecule has 2 atom stereocenters. The quantitative estimate of drug-likeness (QED) is 0.376. The zero-order valence-corrected chi connectivity index (χ0v) is 24.4. The van der Waals surface area contributed by atoms with Crippen LogP contribution in [-0.2, 0) is 17.8 Å². The summed E-state index contributed by atoms with van der Waals surface area (Å²) in [5.41, 5.74) is 3.32. The highest BCUT2D eigenvalue weighted by molar-refractivity contribution is 5.94. The lowest BCUT2D eigenvalue weighted by Gasteiger charge is -2.42. The number of likely N-dealkylation sites (tertiary alicyclic amines) is 1. The second-order valence-corrected chi connectivity index (χ2v) is 11.4. The Bertz CT molecular complexity index is 1500. The second-order valence-electron chi connectivity index (χ2n) is 11.4. The number of piperazine rings is 1. The van der Waals surface area contributed by atoms with Crippen LogP contribution in [0.5, 0.6) is 6.01 Å². The zero-order valence-electron chi connectivity index (χ0n) is 24.4. The van der Waals surface area contributed by atoms with Crippen LogP contribution in [0.15, 0.2) is 55.1 Å². The number of carbonyl (C=O) groups is 1. The van der Waals surface area contributed by atoms with Crippen LogP contribution in [-0.4, -0.2) is 83.6 Å². The van der Waals surface area contributed by atoms with Gasteiger partial charge in [-0.2, -0.15) is 15.2 Å². The lowest BCUT2D eigenvalue weighted by molar-refractivity contribution is -0.128. The first-order valence-electron chi connectivity index (χ1n) is 15.1. The van der Waals surface area contributed by atoms with Crippen LogP contribution in [0, 0.1) is 11.3 Å².